The number of nitrogens with zero attached hydrogens (tertiary/aromatic N) is 1. The summed E-state index contributed by atoms with van der Waals surface area (Å²) in [6.07, 6.45) is 1.30. The Bertz CT molecular complexity index is 1460. The van der Waals surface area contributed by atoms with Gasteiger partial charge in [-0.05, 0) is 48.7 Å². The number of esters is 1. The molecule has 4 aromatic rings. The molecule has 0 atom stereocenters. The monoisotopic (exact) mass is 529 g/mol. The highest BCUT2D eigenvalue weighted by molar-refractivity contribution is 9.10. The first kappa shape index (κ1) is 23.8. The lowest BCUT2D eigenvalue weighted by Gasteiger charge is -2.09. The van der Waals surface area contributed by atoms with Crippen molar-refractivity contribution < 1.29 is 19.1 Å². The molecule has 2 N–H and O–H groups in total. The topological polar surface area (TPSA) is 96.9 Å². The number of hydrogen-bond donors (Lipinski definition) is 2. The van der Waals surface area contributed by atoms with Gasteiger partial charge in [0.2, 0.25) is 0 Å². The van der Waals surface area contributed by atoms with Crippen LogP contribution in [0.15, 0.2) is 94.5 Å². The summed E-state index contributed by atoms with van der Waals surface area (Å²) in [4.78, 5) is 37.2. The highest BCUT2D eigenvalue weighted by atomic mass is 79.9. The predicted octanol–water partition coefficient (Wildman–Crippen LogP) is 5.22. The molecular weight excluding hydrogens is 510 g/mol. The number of halogens is 1. The number of amides is 2. The number of fused-ring (bicyclic) bond motifs is 1. The van der Waals surface area contributed by atoms with E-state index in [1.54, 1.807) is 48.5 Å². The third-order valence-electron chi connectivity index (χ3n) is 5.04. The van der Waals surface area contributed by atoms with Crippen LogP contribution in [0.3, 0.4) is 0 Å². The van der Waals surface area contributed by atoms with Crippen molar-refractivity contribution in [3.8, 4) is 5.75 Å². The average Bonchev–Trinajstić information content (AvgIpc) is 2.85. The zero-order chi connectivity index (χ0) is 24.8. The summed E-state index contributed by atoms with van der Waals surface area (Å²) < 4.78 is 6.24. The van der Waals surface area contributed by atoms with Crippen LogP contribution in [-0.4, -0.2) is 24.0 Å². The molecule has 0 fully saturated rings. The Morgan fingerprint density at radius 2 is 1.66 bits per heavy atom. The number of rotatable bonds is 5. The minimum atomic E-state index is -0.942. The van der Waals surface area contributed by atoms with Crippen molar-refractivity contribution >= 4 is 56.4 Å². The summed E-state index contributed by atoms with van der Waals surface area (Å²) in [5.74, 6) is -2.08. The molecule has 0 aliphatic rings. The molecule has 0 radical (unpaired) electrons. The third-order valence-corrected chi connectivity index (χ3v) is 5.54. The van der Waals surface area contributed by atoms with Crippen LogP contribution in [0.5, 0.6) is 5.75 Å². The van der Waals surface area contributed by atoms with Crippen molar-refractivity contribution in [1.29, 1.82) is 0 Å². The van der Waals surface area contributed by atoms with E-state index in [0.717, 1.165) is 16.3 Å². The summed E-state index contributed by atoms with van der Waals surface area (Å²) in [6.45, 7) is 1.88. The lowest BCUT2D eigenvalue weighted by Crippen LogP contribution is -2.32. The van der Waals surface area contributed by atoms with Crippen LogP contribution in [-0.2, 0) is 9.59 Å². The molecule has 8 heteroatoms. The maximum Gasteiger partial charge on any atom is 0.343 e. The number of carbonyl (C=O) groups excluding carboxylic acids is 3. The van der Waals surface area contributed by atoms with Crippen molar-refractivity contribution in [1.82, 2.24) is 5.43 Å². The first-order valence-electron chi connectivity index (χ1n) is 10.6. The van der Waals surface area contributed by atoms with E-state index in [1.165, 1.54) is 6.21 Å². The van der Waals surface area contributed by atoms with E-state index in [1.807, 2.05) is 43.3 Å². The summed E-state index contributed by atoms with van der Waals surface area (Å²) in [7, 11) is 0. The molecule has 0 unspecified atom stereocenters. The number of nitrogens with one attached hydrogen (secondary N) is 2. The van der Waals surface area contributed by atoms with Gasteiger partial charge < -0.3 is 10.1 Å². The second-order valence-electron chi connectivity index (χ2n) is 7.62. The quantitative estimate of drug-likeness (QED) is 0.122. The molecule has 0 saturated carbocycles. The van der Waals surface area contributed by atoms with Crippen molar-refractivity contribution in [2.75, 3.05) is 5.32 Å². The van der Waals surface area contributed by atoms with Crippen LogP contribution < -0.4 is 15.5 Å². The Balaban J connectivity index is 1.44. The van der Waals surface area contributed by atoms with Gasteiger partial charge in [-0.3, -0.25) is 9.59 Å². The SMILES string of the molecule is Cc1cccc(C(=O)Oc2ccc(Br)cc2/C=N/NC(=O)C(=O)Nc2cccc3ccccc23)c1. The van der Waals surface area contributed by atoms with Crippen LogP contribution in [0.4, 0.5) is 5.69 Å². The van der Waals surface area contributed by atoms with E-state index >= 15 is 0 Å². The average molecular weight is 530 g/mol. The van der Waals surface area contributed by atoms with Crippen molar-refractivity contribution in [2.45, 2.75) is 6.92 Å². The molecule has 0 aromatic heterocycles. The van der Waals surface area contributed by atoms with Crippen LogP contribution in [0.25, 0.3) is 10.8 Å². The van der Waals surface area contributed by atoms with Gasteiger partial charge in [0.25, 0.3) is 0 Å². The lowest BCUT2D eigenvalue weighted by atomic mass is 10.1. The molecule has 0 aliphatic carbocycles. The van der Waals surface area contributed by atoms with Gasteiger partial charge in [-0.15, -0.1) is 0 Å². The lowest BCUT2D eigenvalue weighted by molar-refractivity contribution is -0.136. The fraction of sp³-hybridized carbons (Fsp3) is 0.0370. The number of benzene rings is 4. The standard InChI is InChI=1S/C27H20BrN3O4/c1-17-6-4-9-19(14-17)27(34)35-24-13-12-21(28)15-20(24)16-29-31-26(33)25(32)30-23-11-5-8-18-7-2-3-10-22(18)23/h2-16H,1H3,(H,30,32)(H,31,33)/b29-16+. The Morgan fingerprint density at radius 1 is 0.886 bits per heavy atom. The number of ether oxygens (including phenoxy) is 1. The zero-order valence-corrected chi connectivity index (χ0v) is 20.2. The van der Waals surface area contributed by atoms with E-state index in [9.17, 15) is 14.4 Å². The van der Waals surface area contributed by atoms with Crippen LogP contribution in [0, 0.1) is 6.92 Å². The summed E-state index contributed by atoms with van der Waals surface area (Å²) in [5.41, 5.74) is 4.49. The van der Waals surface area contributed by atoms with Gasteiger partial charge in [0.15, 0.2) is 0 Å². The third kappa shape index (κ3) is 5.99. The Kier molecular flexibility index (Phi) is 7.32. The highest BCUT2D eigenvalue weighted by Gasteiger charge is 2.15. The summed E-state index contributed by atoms with van der Waals surface area (Å²) in [5, 5.41) is 8.22. The van der Waals surface area contributed by atoms with Gasteiger partial charge in [-0.25, -0.2) is 10.2 Å². The van der Waals surface area contributed by atoms with E-state index in [-0.39, 0.29) is 5.75 Å². The minimum absolute atomic E-state index is 0.248. The molecule has 0 spiro atoms. The molecule has 4 aromatic carbocycles. The Labute approximate surface area is 209 Å². The minimum Gasteiger partial charge on any atom is -0.422 e. The van der Waals surface area contributed by atoms with Crippen LogP contribution >= 0.6 is 15.9 Å². The second-order valence-corrected chi connectivity index (χ2v) is 8.54. The van der Waals surface area contributed by atoms with Crippen molar-refractivity contribution in [3.05, 3.63) is 106 Å². The molecule has 174 valence electrons. The smallest absolute Gasteiger partial charge is 0.343 e. The fourth-order valence-electron chi connectivity index (χ4n) is 3.37. The van der Waals surface area contributed by atoms with Crippen LogP contribution in [0.2, 0.25) is 0 Å². The van der Waals surface area contributed by atoms with Gasteiger partial charge in [0.05, 0.1) is 11.8 Å². The molecule has 0 saturated heterocycles. The number of carbonyl (C=O) groups is 3. The first-order valence-corrected chi connectivity index (χ1v) is 11.4. The summed E-state index contributed by atoms with van der Waals surface area (Å²) in [6, 6.07) is 25.0. The molecular formula is C27H20BrN3O4. The van der Waals surface area contributed by atoms with Crippen molar-refractivity contribution in [2.24, 2.45) is 5.10 Å². The molecule has 4 rings (SSSR count). The Morgan fingerprint density at radius 3 is 2.49 bits per heavy atom. The number of hydrogen-bond acceptors (Lipinski definition) is 5. The maximum absolute atomic E-state index is 12.5. The van der Waals surface area contributed by atoms with E-state index in [0.29, 0.717) is 21.3 Å². The normalized spacial score (nSPS) is 10.8. The predicted molar refractivity (Wildman–Crippen MR) is 139 cm³/mol. The molecule has 0 heterocycles. The first-order chi connectivity index (χ1) is 16.9. The number of anilines is 1. The highest BCUT2D eigenvalue weighted by Crippen LogP contribution is 2.24. The molecule has 35 heavy (non-hydrogen) atoms. The van der Waals surface area contributed by atoms with E-state index in [4.69, 9.17) is 4.74 Å². The Hall–Kier alpha value is -4.30. The van der Waals surface area contributed by atoms with E-state index in [2.05, 4.69) is 31.8 Å². The summed E-state index contributed by atoms with van der Waals surface area (Å²) >= 11 is 3.36. The van der Waals surface area contributed by atoms with E-state index < -0.39 is 17.8 Å². The molecule has 2 amide bonds. The maximum atomic E-state index is 12.5. The fourth-order valence-corrected chi connectivity index (χ4v) is 3.75. The zero-order valence-electron chi connectivity index (χ0n) is 18.6. The number of hydrazone groups is 1. The number of aryl methyl sites for hydroxylation is 1. The largest absolute Gasteiger partial charge is 0.422 e. The van der Waals surface area contributed by atoms with Crippen LogP contribution in [0.1, 0.15) is 21.5 Å². The van der Waals surface area contributed by atoms with Gasteiger partial charge in [-0.2, -0.15) is 5.10 Å². The van der Waals surface area contributed by atoms with Gasteiger partial charge in [-0.1, -0.05) is 70.0 Å². The van der Waals surface area contributed by atoms with Gasteiger partial charge in [0.1, 0.15) is 5.75 Å². The second kappa shape index (κ2) is 10.8. The van der Waals surface area contributed by atoms with Gasteiger partial charge in [0, 0.05) is 21.1 Å². The molecule has 0 bridgehead atoms. The van der Waals surface area contributed by atoms with Crippen molar-refractivity contribution in [3.63, 3.8) is 0 Å². The molecule has 7 nitrogen and oxygen atoms in total. The molecule has 0 aliphatic heterocycles. The van der Waals surface area contributed by atoms with Gasteiger partial charge >= 0.3 is 17.8 Å².